The molecule has 4 nitrogen and oxygen atoms in total. The first-order valence-electron chi connectivity index (χ1n) is 7.93. The van der Waals surface area contributed by atoms with Gasteiger partial charge in [-0.15, -0.1) is 0 Å². The van der Waals surface area contributed by atoms with Gasteiger partial charge in [-0.25, -0.2) is 0 Å². The molecular formula is C17H26N2O2. The molecule has 0 radical (unpaired) electrons. The number of rotatable bonds is 5. The number of piperidine rings is 1. The summed E-state index contributed by atoms with van der Waals surface area (Å²) in [5, 5.41) is 12.8. The highest BCUT2D eigenvalue weighted by Gasteiger charge is 2.26. The Hall–Kier alpha value is -1.55. The van der Waals surface area contributed by atoms with E-state index < -0.39 is 0 Å². The molecule has 1 saturated heterocycles. The van der Waals surface area contributed by atoms with Crippen molar-refractivity contribution in [3.63, 3.8) is 0 Å². The van der Waals surface area contributed by atoms with Gasteiger partial charge >= 0.3 is 0 Å². The smallest absolute Gasteiger partial charge is 0.254 e. The summed E-state index contributed by atoms with van der Waals surface area (Å²) in [6, 6.07) is 5.79. The zero-order chi connectivity index (χ0) is 15.2. The van der Waals surface area contributed by atoms with Crippen molar-refractivity contribution in [2.24, 2.45) is 0 Å². The molecule has 0 aromatic heterocycles. The molecule has 1 amide bonds. The summed E-state index contributed by atoms with van der Waals surface area (Å²) in [6.07, 6.45) is 4.09. The molecule has 21 heavy (non-hydrogen) atoms. The number of hydrogen-bond acceptors (Lipinski definition) is 3. The molecule has 0 aliphatic carbocycles. The first-order chi connectivity index (χ1) is 10.2. The first kappa shape index (κ1) is 15.8. The highest BCUT2D eigenvalue weighted by Crippen LogP contribution is 2.22. The number of hydrogen-bond donors (Lipinski definition) is 2. The average Bonchev–Trinajstić information content (AvgIpc) is 2.53. The van der Waals surface area contributed by atoms with Crippen LogP contribution in [0.3, 0.4) is 0 Å². The highest BCUT2D eigenvalue weighted by molar-refractivity contribution is 5.95. The van der Waals surface area contributed by atoms with Gasteiger partial charge in [0.25, 0.3) is 5.91 Å². The average molecular weight is 290 g/mol. The molecule has 116 valence electrons. The maximum atomic E-state index is 12.6. The van der Waals surface area contributed by atoms with Gasteiger partial charge in [0.1, 0.15) is 0 Å². The van der Waals surface area contributed by atoms with Crippen LogP contribution in [0.15, 0.2) is 18.2 Å². The second-order valence-corrected chi connectivity index (χ2v) is 5.79. The van der Waals surface area contributed by atoms with Crippen LogP contribution in [0.4, 0.5) is 5.69 Å². The summed E-state index contributed by atoms with van der Waals surface area (Å²) in [5.74, 6) is 0.0406. The minimum absolute atomic E-state index is 0.0237. The third-order valence-electron chi connectivity index (χ3n) is 4.14. The third kappa shape index (κ3) is 3.76. The molecule has 1 aromatic carbocycles. The van der Waals surface area contributed by atoms with E-state index in [0.717, 1.165) is 55.6 Å². The van der Waals surface area contributed by atoms with Crippen molar-refractivity contribution in [2.45, 2.75) is 45.6 Å². The van der Waals surface area contributed by atoms with E-state index in [1.807, 2.05) is 30.0 Å². The SMILES string of the molecule is CCCNc1ccc(C(=O)N2CCCCC2CO)cc1C. The summed E-state index contributed by atoms with van der Waals surface area (Å²) < 4.78 is 0. The summed E-state index contributed by atoms with van der Waals surface area (Å²) in [6.45, 7) is 5.90. The minimum atomic E-state index is -0.0237. The molecule has 1 aromatic rings. The van der Waals surface area contributed by atoms with Crippen molar-refractivity contribution in [3.05, 3.63) is 29.3 Å². The molecule has 1 fully saturated rings. The van der Waals surface area contributed by atoms with E-state index in [0.29, 0.717) is 0 Å². The number of aliphatic hydroxyl groups excluding tert-OH is 1. The fourth-order valence-electron chi connectivity index (χ4n) is 2.88. The van der Waals surface area contributed by atoms with E-state index in [1.54, 1.807) is 0 Å². The largest absolute Gasteiger partial charge is 0.394 e. The molecule has 1 atom stereocenters. The number of carbonyl (C=O) groups excluding carboxylic acids is 1. The van der Waals surface area contributed by atoms with Crippen LogP contribution in [0.25, 0.3) is 0 Å². The molecule has 4 heteroatoms. The normalized spacial score (nSPS) is 18.6. The Balaban J connectivity index is 2.13. The number of nitrogens with zero attached hydrogens (tertiary/aromatic N) is 1. The monoisotopic (exact) mass is 290 g/mol. The van der Waals surface area contributed by atoms with Crippen LogP contribution in [0.1, 0.15) is 48.5 Å². The van der Waals surface area contributed by atoms with Crippen molar-refractivity contribution in [1.82, 2.24) is 4.90 Å². The highest BCUT2D eigenvalue weighted by atomic mass is 16.3. The van der Waals surface area contributed by atoms with Gasteiger partial charge in [-0.05, 0) is 56.4 Å². The quantitative estimate of drug-likeness (QED) is 0.876. The molecule has 2 N–H and O–H groups in total. The molecule has 1 unspecified atom stereocenters. The molecule has 0 bridgehead atoms. The molecule has 1 aliphatic heterocycles. The van der Waals surface area contributed by atoms with Gasteiger partial charge in [-0.3, -0.25) is 4.79 Å². The maximum absolute atomic E-state index is 12.6. The van der Waals surface area contributed by atoms with Crippen molar-refractivity contribution in [1.29, 1.82) is 0 Å². The Kier molecular flexibility index (Phi) is 5.62. The van der Waals surface area contributed by atoms with Crippen LogP contribution < -0.4 is 5.32 Å². The summed E-state index contributed by atoms with van der Waals surface area (Å²) in [5.41, 5.74) is 2.90. The zero-order valence-corrected chi connectivity index (χ0v) is 13.1. The second kappa shape index (κ2) is 7.46. The summed E-state index contributed by atoms with van der Waals surface area (Å²) in [7, 11) is 0. The van der Waals surface area contributed by atoms with E-state index in [2.05, 4.69) is 12.2 Å². The van der Waals surface area contributed by atoms with Crippen molar-refractivity contribution in [3.8, 4) is 0 Å². The maximum Gasteiger partial charge on any atom is 0.254 e. The van der Waals surface area contributed by atoms with Crippen molar-refractivity contribution in [2.75, 3.05) is 25.0 Å². The van der Waals surface area contributed by atoms with Crippen LogP contribution in [-0.2, 0) is 0 Å². The second-order valence-electron chi connectivity index (χ2n) is 5.79. The Morgan fingerprint density at radius 3 is 2.90 bits per heavy atom. The number of amides is 1. The van der Waals surface area contributed by atoms with Gasteiger partial charge in [0.05, 0.1) is 12.6 Å². The predicted octanol–water partition coefficient (Wildman–Crippen LogP) is 2.80. The van der Waals surface area contributed by atoms with Crippen LogP contribution in [0, 0.1) is 6.92 Å². The Bertz CT molecular complexity index is 488. The number of anilines is 1. The first-order valence-corrected chi connectivity index (χ1v) is 7.93. The Morgan fingerprint density at radius 2 is 2.24 bits per heavy atom. The van der Waals surface area contributed by atoms with Gasteiger partial charge in [0.2, 0.25) is 0 Å². The number of likely N-dealkylation sites (tertiary alicyclic amines) is 1. The number of carbonyl (C=O) groups is 1. The number of benzene rings is 1. The lowest BCUT2D eigenvalue weighted by molar-refractivity contribution is 0.0503. The lowest BCUT2D eigenvalue weighted by atomic mass is 10.0. The van der Waals surface area contributed by atoms with E-state index in [4.69, 9.17) is 0 Å². The standard InChI is InChI=1S/C17H26N2O2/c1-3-9-18-16-8-7-14(11-13(16)2)17(21)19-10-5-4-6-15(19)12-20/h7-8,11,15,18,20H,3-6,9-10,12H2,1-2H3. The van der Waals surface area contributed by atoms with E-state index in [9.17, 15) is 9.90 Å². The third-order valence-corrected chi connectivity index (χ3v) is 4.14. The number of nitrogens with one attached hydrogen (secondary N) is 1. The molecule has 1 heterocycles. The van der Waals surface area contributed by atoms with Crippen LogP contribution in [0.5, 0.6) is 0 Å². The lowest BCUT2D eigenvalue weighted by Gasteiger charge is -2.34. The number of aryl methyl sites for hydroxylation is 1. The molecule has 1 aliphatic rings. The van der Waals surface area contributed by atoms with Crippen LogP contribution >= 0.6 is 0 Å². The van der Waals surface area contributed by atoms with Crippen molar-refractivity contribution < 1.29 is 9.90 Å². The number of aliphatic hydroxyl groups is 1. The molecule has 0 spiro atoms. The van der Waals surface area contributed by atoms with Crippen molar-refractivity contribution >= 4 is 11.6 Å². The predicted molar refractivity (Wildman–Crippen MR) is 85.7 cm³/mol. The Morgan fingerprint density at radius 1 is 1.43 bits per heavy atom. The van der Waals surface area contributed by atoms with Gasteiger partial charge in [-0.2, -0.15) is 0 Å². The van der Waals surface area contributed by atoms with E-state index >= 15 is 0 Å². The fourth-order valence-corrected chi connectivity index (χ4v) is 2.88. The minimum Gasteiger partial charge on any atom is -0.394 e. The van der Waals surface area contributed by atoms with Crippen LogP contribution in [-0.4, -0.2) is 41.7 Å². The van der Waals surface area contributed by atoms with Gasteiger partial charge in [0, 0.05) is 24.3 Å². The summed E-state index contributed by atoms with van der Waals surface area (Å²) >= 11 is 0. The van der Waals surface area contributed by atoms with Gasteiger partial charge < -0.3 is 15.3 Å². The molecule has 0 saturated carbocycles. The zero-order valence-electron chi connectivity index (χ0n) is 13.1. The summed E-state index contributed by atoms with van der Waals surface area (Å²) in [4.78, 5) is 14.5. The van der Waals surface area contributed by atoms with Crippen LogP contribution in [0.2, 0.25) is 0 Å². The van der Waals surface area contributed by atoms with E-state index in [-0.39, 0.29) is 18.6 Å². The van der Waals surface area contributed by atoms with E-state index in [1.165, 1.54) is 0 Å². The Labute approximate surface area is 127 Å². The van der Waals surface area contributed by atoms with Gasteiger partial charge in [0.15, 0.2) is 0 Å². The molecular weight excluding hydrogens is 264 g/mol. The fraction of sp³-hybridized carbons (Fsp3) is 0.588. The van der Waals surface area contributed by atoms with Gasteiger partial charge in [-0.1, -0.05) is 6.92 Å². The molecule has 2 rings (SSSR count). The lowest BCUT2D eigenvalue weighted by Crippen LogP contribution is -2.45. The topological polar surface area (TPSA) is 52.6 Å².